The smallest absolute Gasteiger partial charge is 0.293 e. The molecule has 6 heteroatoms. The highest BCUT2D eigenvalue weighted by molar-refractivity contribution is 7.86. The topological polar surface area (TPSA) is 86.6 Å². The molecule has 5 nitrogen and oxygen atoms in total. The first-order valence-corrected chi connectivity index (χ1v) is 4.84. The first-order chi connectivity index (χ1) is 4.98. The minimum absolute atomic E-state index is 0.132. The molecule has 0 aliphatic heterocycles. The van der Waals surface area contributed by atoms with Gasteiger partial charge in [0, 0.05) is 6.54 Å². The SMILES string of the molecule is CCCNCC(O)S(=O)(=O)O. The van der Waals surface area contributed by atoms with Crippen LogP contribution in [0.4, 0.5) is 0 Å². The summed E-state index contributed by atoms with van der Waals surface area (Å²) >= 11 is 0. The molecule has 1 atom stereocenters. The molecular formula is C5H13NO4S. The maximum absolute atomic E-state index is 10.2. The second-order valence-electron chi connectivity index (χ2n) is 2.17. The molecule has 0 spiro atoms. The van der Waals surface area contributed by atoms with Crippen LogP contribution in [0.1, 0.15) is 13.3 Å². The minimum atomic E-state index is -4.29. The second kappa shape index (κ2) is 4.66. The van der Waals surface area contributed by atoms with Gasteiger partial charge in [0.2, 0.25) is 0 Å². The lowest BCUT2D eigenvalue weighted by atomic mass is 10.5. The van der Waals surface area contributed by atoms with E-state index in [1.165, 1.54) is 0 Å². The molecule has 0 bridgehead atoms. The molecule has 0 heterocycles. The fourth-order valence-electron chi connectivity index (χ4n) is 0.508. The van der Waals surface area contributed by atoms with Gasteiger partial charge in [-0.3, -0.25) is 4.55 Å². The highest BCUT2D eigenvalue weighted by Gasteiger charge is 2.17. The molecule has 0 rings (SSSR count). The lowest BCUT2D eigenvalue weighted by Gasteiger charge is -2.06. The summed E-state index contributed by atoms with van der Waals surface area (Å²) in [5.74, 6) is 0. The first-order valence-electron chi connectivity index (χ1n) is 3.33. The summed E-state index contributed by atoms with van der Waals surface area (Å²) < 4.78 is 28.6. The molecular weight excluding hydrogens is 170 g/mol. The Kier molecular flexibility index (Phi) is 4.58. The third-order valence-corrected chi connectivity index (χ3v) is 1.94. The molecule has 0 saturated carbocycles. The van der Waals surface area contributed by atoms with Gasteiger partial charge in [0.05, 0.1) is 0 Å². The zero-order chi connectivity index (χ0) is 8.91. The predicted octanol–water partition coefficient (Wildman–Crippen LogP) is -0.808. The molecule has 0 aromatic rings. The van der Waals surface area contributed by atoms with Crippen molar-refractivity contribution in [2.45, 2.75) is 18.8 Å². The molecule has 0 aliphatic rings. The van der Waals surface area contributed by atoms with Crippen LogP contribution in [0.2, 0.25) is 0 Å². The summed E-state index contributed by atoms with van der Waals surface area (Å²) in [5, 5.41) is 11.4. The maximum Gasteiger partial charge on any atom is 0.293 e. The molecule has 11 heavy (non-hydrogen) atoms. The summed E-state index contributed by atoms with van der Waals surface area (Å²) in [6, 6.07) is 0. The Balaban J connectivity index is 3.62. The molecule has 0 aromatic carbocycles. The van der Waals surface area contributed by atoms with Crippen molar-refractivity contribution in [3.05, 3.63) is 0 Å². The van der Waals surface area contributed by atoms with Gasteiger partial charge in [-0.25, -0.2) is 0 Å². The monoisotopic (exact) mass is 183 g/mol. The normalized spacial score (nSPS) is 14.8. The van der Waals surface area contributed by atoms with Crippen LogP contribution in [-0.2, 0) is 10.1 Å². The highest BCUT2D eigenvalue weighted by Crippen LogP contribution is 1.90. The molecule has 0 saturated heterocycles. The molecule has 0 radical (unpaired) electrons. The van der Waals surface area contributed by atoms with E-state index in [2.05, 4.69) is 5.32 Å². The van der Waals surface area contributed by atoms with Gasteiger partial charge in [-0.2, -0.15) is 8.42 Å². The number of nitrogens with one attached hydrogen (secondary N) is 1. The largest absolute Gasteiger partial charge is 0.374 e. The van der Waals surface area contributed by atoms with Gasteiger partial charge in [-0.15, -0.1) is 0 Å². The molecule has 0 aromatic heterocycles. The Labute approximate surface area is 66.2 Å². The van der Waals surface area contributed by atoms with Gasteiger partial charge in [0.25, 0.3) is 10.1 Å². The Morgan fingerprint density at radius 2 is 2.09 bits per heavy atom. The van der Waals surface area contributed by atoms with Gasteiger partial charge in [-0.1, -0.05) is 6.92 Å². The summed E-state index contributed by atoms with van der Waals surface area (Å²) in [6.07, 6.45) is 0.845. The van der Waals surface area contributed by atoms with E-state index in [-0.39, 0.29) is 6.54 Å². The van der Waals surface area contributed by atoms with Gasteiger partial charge >= 0.3 is 0 Å². The van der Waals surface area contributed by atoms with E-state index in [4.69, 9.17) is 9.66 Å². The number of aliphatic hydroxyl groups is 1. The fourth-order valence-corrected chi connectivity index (χ4v) is 0.836. The standard InChI is InChI=1S/C5H13NO4S/c1-2-3-6-4-5(7)11(8,9)10/h5-7H,2-4H2,1H3,(H,8,9,10). The quantitative estimate of drug-likeness (QED) is 0.383. The molecule has 3 N–H and O–H groups in total. The predicted molar refractivity (Wildman–Crippen MR) is 40.7 cm³/mol. The van der Waals surface area contributed by atoms with Crippen molar-refractivity contribution < 1.29 is 18.1 Å². The van der Waals surface area contributed by atoms with Crippen molar-refractivity contribution in [2.75, 3.05) is 13.1 Å². The fraction of sp³-hybridized carbons (Fsp3) is 1.00. The maximum atomic E-state index is 10.2. The molecule has 1 unspecified atom stereocenters. The van der Waals surface area contributed by atoms with Crippen LogP contribution in [-0.4, -0.2) is 36.6 Å². The highest BCUT2D eigenvalue weighted by atomic mass is 32.2. The Morgan fingerprint density at radius 3 is 2.45 bits per heavy atom. The number of aliphatic hydroxyl groups excluding tert-OH is 1. The summed E-state index contributed by atoms with van der Waals surface area (Å²) in [4.78, 5) is 0. The molecule has 68 valence electrons. The van der Waals surface area contributed by atoms with Gasteiger partial charge < -0.3 is 10.4 Å². The summed E-state index contributed by atoms with van der Waals surface area (Å²) in [6.45, 7) is 2.39. The van der Waals surface area contributed by atoms with Crippen molar-refractivity contribution in [3.63, 3.8) is 0 Å². The zero-order valence-electron chi connectivity index (χ0n) is 6.32. The van der Waals surface area contributed by atoms with E-state index in [0.29, 0.717) is 6.54 Å². The average Bonchev–Trinajstić information content (AvgIpc) is 1.86. The zero-order valence-corrected chi connectivity index (χ0v) is 7.13. The van der Waals surface area contributed by atoms with Gasteiger partial charge in [0.1, 0.15) is 0 Å². The third-order valence-electron chi connectivity index (χ3n) is 1.09. The van der Waals surface area contributed by atoms with E-state index in [1.807, 2.05) is 6.92 Å². The summed E-state index contributed by atoms with van der Waals surface area (Å²) in [5.41, 5.74) is -1.71. The second-order valence-corrected chi connectivity index (χ2v) is 3.75. The van der Waals surface area contributed by atoms with E-state index in [0.717, 1.165) is 6.42 Å². The third kappa shape index (κ3) is 5.14. The van der Waals surface area contributed by atoms with Crippen molar-refractivity contribution in [1.29, 1.82) is 0 Å². The number of hydrogen-bond acceptors (Lipinski definition) is 4. The van der Waals surface area contributed by atoms with Crippen LogP contribution in [0.15, 0.2) is 0 Å². The van der Waals surface area contributed by atoms with Crippen LogP contribution in [0.3, 0.4) is 0 Å². The van der Waals surface area contributed by atoms with Gasteiger partial charge in [-0.05, 0) is 13.0 Å². The average molecular weight is 183 g/mol. The van der Waals surface area contributed by atoms with Crippen molar-refractivity contribution in [2.24, 2.45) is 0 Å². The Bertz CT molecular complexity index is 189. The summed E-state index contributed by atoms with van der Waals surface area (Å²) in [7, 11) is -4.29. The van der Waals surface area contributed by atoms with Crippen LogP contribution in [0.5, 0.6) is 0 Å². The van der Waals surface area contributed by atoms with Crippen LogP contribution >= 0.6 is 0 Å². The van der Waals surface area contributed by atoms with Crippen LogP contribution in [0, 0.1) is 0 Å². The minimum Gasteiger partial charge on any atom is -0.374 e. The van der Waals surface area contributed by atoms with Gasteiger partial charge in [0.15, 0.2) is 5.44 Å². The van der Waals surface area contributed by atoms with Crippen molar-refractivity contribution in [3.8, 4) is 0 Å². The van der Waals surface area contributed by atoms with E-state index in [1.54, 1.807) is 0 Å². The van der Waals surface area contributed by atoms with E-state index >= 15 is 0 Å². The lowest BCUT2D eigenvalue weighted by Crippen LogP contribution is -2.33. The van der Waals surface area contributed by atoms with Crippen LogP contribution in [0.25, 0.3) is 0 Å². The molecule has 0 fully saturated rings. The first kappa shape index (κ1) is 10.8. The van der Waals surface area contributed by atoms with Crippen molar-refractivity contribution >= 4 is 10.1 Å². The number of rotatable bonds is 5. The lowest BCUT2D eigenvalue weighted by molar-refractivity contribution is 0.229. The Hall–Kier alpha value is -0.170. The molecule has 0 aliphatic carbocycles. The van der Waals surface area contributed by atoms with Crippen LogP contribution < -0.4 is 5.32 Å². The Morgan fingerprint density at radius 1 is 1.55 bits per heavy atom. The number of hydrogen-bond donors (Lipinski definition) is 3. The van der Waals surface area contributed by atoms with E-state index < -0.39 is 15.6 Å². The van der Waals surface area contributed by atoms with E-state index in [9.17, 15) is 8.42 Å². The van der Waals surface area contributed by atoms with Crippen molar-refractivity contribution in [1.82, 2.24) is 5.32 Å². The molecule has 0 amide bonds.